The van der Waals surface area contributed by atoms with Crippen LogP contribution in [0.25, 0.3) is 0 Å². The molecule has 2 heterocycles. The Labute approximate surface area is 105 Å². The SMILES string of the molecule is Cc1nc(N2CCCCC2(C)C(=O)O)sc1C. The van der Waals surface area contributed by atoms with Crippen LogP contribution in [0.5, 0.6) is 0 Å². The van der Waals surface area contributed by atoms with E-state index in [2.05, 4.69) is 4.98 Å². The van der Waals surface area contributed by atoms with Crippen molar-refractivity contribution in [3.63, 3.8) is 0 Å². The number of carboxylic acids is 1. The van der Waals surface area contributed by atoms with E-state index in [0.717, 1.165) is 30.2 Å². The smallest absolute Gasteiger partial charge is 0.329 e. The van der Waals surface area contributed by atoms with Crippen molar-refractivity contribution in [2.75, 3.05) is 11.4 Å². The lowest BCUT2D eigenvalue weighted by molar-refractivity contribution is -0.143. The zero-order chi connectivity index (χ0) is 12.6. The van der Waals surface area contributed by atoms with E-state index in [-0.39, 0.29) is 0 Å². The van der Waals surface area contributed by atoms with Crippen LogP contribution in [-0.4, -0.2) is 28.1 Å². The average Bonchev–Trinajstić information content (AvgIpc) is 2.59. The minimum Gasteiger partial charge on any atom is -0.480 e. The van der Waals surface area contributed by atoms with E-state index in [1.165, 1.54) is 4.88 Å². The average molecular weight is 254 g/mol. The van der Waals surface area contributed by atoms with Gasteiger partial charge in [-0.05, 0) is 40.0 Å². The van der Waals surface area contributed by atoms with Crippen LogP contribution in [0.2, 0.25) is 0 Å². The molecule has 1 N–H and O–H groups in total. The molecule has 2 rings (SSSR count). The predicted molar refractivity (Wildman–Crippen MR) is 68.8 cm³/mol. The standard InChI is InChI=1S/C12H18N2O2S/c1-8-9(2)17-11(13-8)14-7-5-4-6-12(14,3)10(15)16/h4-7H2,1-3H3,(H,15,16). The van der Waals surface area contributed by atoms with Gasteiger partial charge in [0.2, 0.25) is 0 Å². The Balaban J connectivity index is 2.37. The Hall–Kier alpha value is -1.10. The van der Waals surface area contributed by atoms with E-state index >= 15 is 0 Å². The maximum Gasteiger partial charge on any atom is 0.329 e. The molecular formula is C12H18N2O2S. The summed E-state index contributed by atoms with van der Waals surface area (Å²) in [5, 5.41) is 10.3. The molecule has 1 saturated heterocycles. The normalized spacial score (nSPS) is 25.0. The summed E-state index contributed by atoms with van der Waals surface area (Å²) >= 11 is 1.59. The Morgan fingerprint density at radius 1 is 1.47 bits per heavy atom. The summed E-state index contributed by atoms with van der Waals surface area (Å²) in [5.41, 5.74) is 0.206. The van der Waals surface area contributed by atoms with Crippen LogP contribution in [0.4, 0.5) is 5.13 Å². The van der Waals surface area contributed by atoms with Gasteiger partial charge in [-0.15, -0.1) is 11.3 Å². The molecule has 0 amide bonds. The van der Waals surface area contributed by atoms with Gasteiger partial charge in [0.25, 0.3) is 0 Å². The van der Waals surface area contributed by atoms with Gasteiger partial charge < -0.3 is 10.0 Å². The fraction of sp³-hybridized carbons (Fsp3) is 0.667. The molecule has 1 aliphatic rings. The van der Waals surface area contributed by atoms with Crippen molar-refractivity contribution < 1.29 is 9.90 Å². The van der Waals surface area contributed by atoms with Gasteiger partial charge in [-0.3, -0.25) is 0 Å². The Morgan fingerprint density at radius 3 is 2.71 bits per heavy atom. The third-order valence-corrected chi connectivity index (χ3v) is 4.70. The monoisotopic (exact) mass is 254 g/mol. The molecule has 94 valence electrons. The molecule has 17 heavy (non-hydrogen) atoms. The first-order valence-corrected chi connectivity index (χ1v) is 6.72. The number of aliphatic carboxylic acids is 1. The van der Waals surface area contributed by atoms with E-state index in [9.17, 15) is 9.90 Å². The van der Waals surface area contributed by atoms with Crippen molar-refractivity contribution >= 4 is 22.4 Å². The number of nitrogens with zero attached hydrogens (tertiary/aromatic N) is 2. The first-order valence-electron chi connectivity index (χ1n) is 5.90. The molecule has 1 aromatic rings. The van der Waals surface area contributed by atoms with Crippen LogP contribution in [0.3, 0.4) is 0 Å². The Bertz CT molecular complexity index is 424. The summed E-state index contributed by atoms with van der Waals surface area (Å²) in [7, 11) is 0. The Kier molecular flexibility index (Phi) is 3.12. The fourth-order valence-electron chi connectivity index (χ4n) is 2.22. The van der Waals surface area contributed by atoms with Crippen LogP contribution in [-0.2, 0) is 4.79 Å². The molecule has 1 aromatic heterocycles. The lowest BCUT2D eigenvalue weighted by atomic mass is 9.89. The van der Waals surface area contributed by atoms with E-state index in [4.69, 9.17) is 0 Å². The van der Waals surface area contributed by atoms with E-state index < -0.39 is 11.5 Å². The van der Waals surface area contributed by atoms with Gasteiger partial charge in [0.05, 0.1) is 5.69 Å². The minimum atomic E-state index is -0.797. The first kappa shape index (κ1) is 12.4. The molecule has 0 bridgehead atoms. The van der Waals surface area contributed by atoms with Gasteiger partial charge in [0.1, 0.15) is 5.54 Å². The second-order valence-electron chi connectivity index (χ2n) is 4.83. The van der Waals surface area contributed by atoms with Crippen LogP contribution in [0, 0.1) is 13.8 Å². The molecule has 4 nitrogen and oxygen atoms in total. The van der Waals surface area contributed by atoms with Gasteiger partial charge in [-0.2, -0.15) is 0 Å². The predicted octanol–water partition coefficient (Wildman–Crippen LogP) is 2.59. The lowest BCUT2D eigenvalue weighted by Gasteiger charge is -2.41. The Morgan fingerprint density at radius 2 is 2.18 bits per heavy atom. The van der Waals surface area contributed by atoms with E-state index in [1.807, 2.05) is 18.7 Å². The summed E-state index contributed by atoms with van der Waals surface area (Å²) in [6.45, 7) is 6.59. The number of anilines is 1. The van der Waals surface area contributed by atoms with Crippen molar-refractivity contribution in [2.45, 2.75) is 45.6 Å². The summed E-state index contributed by atoms with van der Waals surface area (Å²) in [5.74, 6) is -0.747. The molecule has 1 unspecified atom stereocenters. The number of piperidine rings is 1. The third kappa shape index (κ3) is 2.04. The molecule has 0 aromatic carbocycles. The first-order chi connectivity index (χ1) is 7.95. The largest absolute Gasteiger partial charge is 0.480 e. The molecule has 1 fully saturated rings. The lowest BCUT2D eigenvalue weighted by Crippen LogP contribution is -2.55. The number of hydrogen-bond donors (Lipinski definition) is 1. The van der Waals surface area contributed by atoms with Crippen LogP contribution in [0.15, 0.2) is 0 Å². The molecule has 1 atom stereocenters. The summed E-state index contributed by atoms with van der Waals surface area (Å²) < 4.78 is 0. The quantitative estimate of drug-likeness (QED) is 0.881. The second kappa shape index (κ2) is 4.29. The minimum absolute atomic E-state index is 0.694. The number of carboxylic acid groups (broad SMARTS) is 1. The summed E-state index contributed by atoms with van der Waals surface area (Å²) in [6.07, 6.45) is 2.71. The van der Waals surface area contributed by atoms with Crippen LogP contribution in [0.1, 0.15) is 36.8 Å². The van der Waals surface area contributed by atoms with Crippen molar-refractivity contribution in [2.24, 2.45) is 0 Å². The zero-order valence-electron chi connectivity index (χ0n) is 10.5. The van der Waals surface area contributed by atoms with Gasteiger partial charge in [0.15, 0.2) is 5.13 Å². The number of hydrogen-bond acceptors (Lipinski definition) is 4. The van der Waals surface area contributed by atoms with E-state index in [0.29, 0.717) is 6.42 Å². The maximum absolute atomic E-state index is 11.5. The maximum atomic E-state index is 11.5. The highest BCUT2D eigenvalue weighted by Crippen LogP contribution is 2.36. The van der Waals surface area contributed by atoms with Gasteiger partial charge in [-0.25, -0.2) is 9.78 Å². The van der Waals surface area contributed by atoms with Crippen molar-refractivity contribution in [1.29, 1.82) is 0 Å². The molecule has 5 heteroatoms. The molecular weight excluding hydrogens is 236 g/mol. The number of thiazole rings is 1. The zero-order valence-corrected chi connectivity index (χ0v) is 11.3. The molecule has 0 radical (unpaired) electrons. The van der Waals surface area contributed by atoms with Gasteiger partial charge in [-0.1, -0.05) is 0 Å². The van der Waals surface area contributed by atoms with Crippen molar-refractivity contribution in [1.82, 2.24) is 4.98 Å². The van der Waals surface area contributed by atoms with E-state index in [1.54, 1.807) is 18.3 Å². The molecule has 0 aliphatic carbocycles. The van der Waals surface area contributed by atoms with Crippen LogP contribution >= 0.6 is 11.3 Å². The molecule has 0 saturated carbocycles. The third-order valence-electron chi connectivity index (χ3n) is 3.60. The van der Waals surface area contributed by atoms with Crippen molar-refractivity contribution in [3.05, 3.63) is 10.6 Å². The van der Waals surface area contributed by atoms with Gasteiger partial charge in [0, 0.05) is 11.4 Å². The fourth-order valence-corrected chi connectivity index (χ4v) is 3.27. The van der Waals surface area contributed by atoms with Crippen molar-refractivity contribution in [3.8, 4) is 0 Å². The van der Waals surface area contributed by atoms with Crippen LogP contribution < -0.4 is 4.90 Å². The number of rotatable bonds is 2. The highest BCUT2D eigenvalue weighted by atomic mass is 32.1. The molecule has 0 spiro atoms. The number of aryl methyl sites for hydroxylation is 2. The second-order valence-corrected chi connectivity index (χ2v) is 6.01. The summed E-state index contributed by atoms with van der Waals surface area (Å²) in [4.78, 5) is 19.1. The topological polar surface area (TPSA) is 53.4 Å². The highest BCUT2D eigenvalue weighted by Gasteiger charge is 2.42. The molecule has 1 aliphatic heterocycles. The highest BCUT2D eigenvalue weighted by molar-refractivity contribution is 7.15. The van der Waals surface area contributed by atoms with Gasteiger partial charge >= 0.3 is 5.97 Å². The summed E-state index contributed by atoms with van der Waals surface area (Å²) in [6, 6.07) is 0. The number of carbonyl (C=O) groups is 1. The number of aromatic nitrogens is 1.